The normalized spacial score (nSPS) is 25.6. The molecule has 0 N–H and O–H groups in total. The Morgan fingerprint density at radius 2 is 1.95 bits per heavy atom. The highest BCUT2D eigenvalue weighted by Gasteiger charge is 2.40. The topological polar surface area (TPSA) is 26.3 Å². The number of Topliss-reactive ketones (excluding diaryl/α,β-unsaturated/α-hetero) is 1. The van der Waals surface area contributed by atoms with Gasteiger partial charge < -0.3 is 4.74 Å². The molecule has 1 saturated carbocycles. The summed E-state index contributed by atoms with van der Waals surface area (Å²) >= 11 is 0. The predicted molar refractivity (Wildman–Crippen MR) is 75.3 cm³/mol. The number of hydrogen-bond acceptors (Lipinski definition) is 2. The molecule has 3 rings (SSSR count). The minimum atomic E-state index is 0.125. The number of ether oxygens (including phenoxy) is 1. The van der Waals surface area contributed by atoms with E-state index in [4.69, 9.17) is 4.74 Å². The monoisotopic (exact) mass is 258 g/mol. The molecule has 2 heteroatoms. The highest BCUT2D eigenvalue weighted by molar-refractivity contribution is 5.96. The van der Waals surface area contributed by atoms with Gasteiger partial charge in [-0.15, -0.1) is 0 Å². The molecule has 2 aliphatic rings. The van der Waals surface area contributed by atoms with Crippen LogP contribution in [0.1, 0.15) is 55.3 Å². The molecule has 1 heterocycles. The third-order valence-corrected chi connectivity index (χ3v) is 4.68. The standard InChI is InChI=1S/C17H22O2/c18-16(15-6-2-1-3-7-15)12-14-8-11-19-17(13-14)9-4-5-10-17/h1-3,6-7,14H,4-5,8-13H2. The van der Waals surface area contributed by atoms with E-state index < -0.39 is 0 Å². The Morgan fingerprint density at radius 1 is 1.21 bits per heavy atom. The van der Waals surface area contributed by atoms with E-state index in [0.717, 1.165) is 25.0 Å². The van der Waals surface area contributed by atoms with Crippen LogP contribution in [0.15, 0.2) is 30.3 Å². The fraction of sp³-hybridized carbons (Fsp3) is 0.588. The molecule has 1 aromatic rings. The van der Waals surface area contributed by atoms with Crippen molar-refractivity contribution in [2.24, 2.45) is 5.92 Å². The molecule has 1 saturated heterocycles. The van der Waals surface area contributed by atoms with Crippen LogP contribution < -0.4 is 0 Å². The Labute approximate surface area is 115 Å². The first-order valence-corrected chi connectivity index (χ1v) is 7.50. The fourth-order valence-electron chi connectivity index (χ4n) is 3.68. The Bertz CT molecular complexity index is 432. The number of rotatable bonds is 3. The summed E-state index contributed by atoms with van der Waals surface area (Å²) in [6, 6.07) is 9.68. The summed E-state index contributed by atoms with van der Waals surface area (Å²) in [5.41, 5.74) is 0.981. The molecule has 0 aromatic heterocycles. The summed E-state index contributed by atoms with van der Waals surface area (Å²) in [5.74, 6) is 0.806. The highest BCUT2D eigenvalue weighted by atomic mass is 16.5. The second-order valence-corrected chi connectivity index (χ2v) is 6.09. The van der Waals surface area contributed by atoms with E-state index in [1.54, 1.807) is 0 Å². The van der Waals surface area contributed by atoms with Crippen LogP contribution in [-0.4, -0.2) is 18.0 Å². The summed E-state index contributed by atoms with van der Waals surface area (Å²) in [6.45, 7) is 0.840. The maximum absolute atomic E-state index is 12.3. The van der Waals surface area contributed by atoms with Crippen molar-refractivity contribution in [3.63, 3.8) is 0 Å². The second kappa shape index (κ2) is 5.46. The van der Waals surface area contributed by atoms with Crippen molar-refractivity contribution in [3.05, 3.63) is 35.9 Å². The average Bonchev–Trinajstić information content (AvgIpc) is 2.88. The smallest absolute Gasteiger partial charge is 0.163 e. The lowest BCUT2D eigenvalue weighted by atomic mass is 9.81. The molecule has 1 atom stereocenters. The van der Waals surface area contributed by atoms with Crippen molar-refractivity contribution in [1.29, 1.82) is 0 Å². The van der Waals surface area contributed by atoms with Gasteiger partial charge in [0.05, 0.1) is 5.60 Å². The molecule has 1 unspecified atom stereocenters. The molecule has 0 amide bonds. The summed E-state index contributed by atoms with van der Waals surface area (Å²) in [7, 11) is 0. The number of carbonyl (C=O) groups excluding carboxylic acids is 1. The molecular formula is C17H22O2. The summed E-state index contributed by atoms with van der Waals surface area (Å²) < 4.78 is 6.03. The zero-order valence-electron chi connectivity index (χ0n) is 11.4. The third-order valence-electron chi connectivity index (χ3n) is 4.68. The molecule has 1 aliphatic heterocycles. The number of carbonyl (C=O) groups is 1. The van der Waals surface area contributed by atoms with Gasteiger partial charge in [0, 0.05) is 18.6 Å². The highest BCUT2D eigenvalue weighted by Crippen LogP contribution is 2.43. The van der Waals surface area contributed by atoms with Gasteiger partial charge in [-0.1, -0.05) is 43.2 Å². The van der Waals surface area contributed by atoms with E-state index in [1.165, 1.54) is 25.7 Å². The van der Waals surface area contributed by atoms with Crippen molar-refractivity contribution in [1.82, 2.24) is 0 Å². The van der Waals surface area contributed by atoms with Crippen LogP contribution in [0, 0.1) is 5.92 Å². The maximum atomic E-state index is 12.3. The van der Waals surface area contributed by atoms with Crippen molar-refractivity contribution in [3.8, 4) is 0 Å². The van der Waals surface area contributed by atoms with Crippen molar-refractivity contribution >= 4 is 5.78 Å². The van der Waals surface area contributed by atoms with Gasteiger partial charge in [-0.05, 0) is 31.6 Å². The third kappa shape index (κ3) is 2.89. The molecule has 19 heavy (non-hydrogen) atoms. The molecule has 0 bridgehead atoms. The first kappa shape index (κ1) is 12.9. The quantitative estimate of drug-likeness (QED) is 0.766. The van der Waals surface area contributed by atoms with E-state index in [-0.39, 0.29) is 5.60 Å². The van der Waals surface area contributed by atoms with E-state index >= 15 is 0 Å². The van der Waals surface area contributed by atoms with Gasteiger partial charge in [-0.25, -0.2) is 0 Å². The fourth-order valence-corrected chi connectivity index (χ4v) is 3.68. The average molecular weight is 258 g/mol. The molecular weight excluding hydrogens is 236 g/mol. The number of hydrogen-bond donors (Lipinski definition) is 0. The van der Waals surface area contributed by atoms with Crippen LogP contribution in [0.5, 0.6) is 0 Å². The van der Waals surface area contributed by atoms with Crippen molar-refractivity contribution < 1.29 is 9.53 Å². The summed E-state index contributed by atoms with van der Waals surface area (Å²) in [4.78, 5) is 12.3. The van der Waals surface area contributed by atoms with Gasteiger partial charge >= 0.3 is 0 Å². The molecule has 1 aliphatic carbocycles. The van der Waals surface area contributed by atoms with Gasteiger partial charge in [0.2, 0.25) is 0 Å². The Balaban J connectivity index is 1.62. The first-order chi connectivity index (χ1) is 9.27. The summed E-state index contributed by atoms with van der Waals surface area (Å²) in [6.07, 6.45) is 7.80. The zero-order chi connectivity index (χ0) is 13.1. The van der Waals surface area contributed by atoms with E-state index in [0.29, 0.717) is 18.1 Å². The van der Waals surface area contributed by atoms with Gasteiger partial charge in [-0.2, -0.15) is 0 Å². The van der Waals surface area contributed by atoms with Crippen molar-refractivity contribution in [2.75, 3.05) is 6.61 Å². The Hall–Kier alpha value is -1.15. The van der Waals surface area contributed by atoms with Crippen LogP contribution in [-0.2, 0) is 4.74 Å². The second-order valence-electron chi connectivity index (χ2n) is 6.09. The molecule has 0 radical (unpaired) electrons. The minimum Gasteiger partial charge on any atom is -0.375 e. The lowest BCUT2D eigenvalue weighted by molar-refractivity contribution is -0.0921. The SMILES string of the molecule is O=C(CC1CCOC2(CCCC2)C1)c1ccccc1. The van der Waals surface area contributed by atoms with E-state index in [2.05, 4.69) is 0 Å². The molecule has 1 aromatic carbocycles. The van der Waals surface area contributed by atoms with Gasteiger partial charge in [0.15, 0.2) is 5.78 Å². The summed E-state index contributed by atoms with van der Waals surface area (Å²) in [5, 5.41) is 0. The minimum absolute atomic E-state index is 0.125. The Morgan fingerprint density at radius 3 is 2.68 bits per heavy atom. The zero-order valence-corrected chi connectivity index (χ0v) is 11.4. The van der Waals surface area contributed by atoms with Crippen LogP contribution in [0.4, 0.5) is 0 Å². The van der Waals surface area contributed by atoms with Gasteiger partial charge in [-0.3, -0.25) is 4.79 Å². The van der Waals surface area contributed by atoms with Crippen LogP contribution in [0.25, 0.3) is 0 Å². The molecule has 102 valence electrons. The van der Waals surface area contributed by atoms with Crippen molar-refractivity contribution in [2.45, 2.75) is 50.5 Å². The van der Waals surface area contributed by atoms with Crippen LogP contribution in [0.3, 0.4) is 0 Å². The maximum Gasteiger partial charge on any atom is 0.163 e. The largest absolute Gasteiger partial charge is 0.375 e. The van der Waals surface area contributed by atoms with E-state index in [9.17, 15) is 4.79 Å². The molecule has 1 spiro atoms. The first-order valence-electron chi connectivity index (χ1n) is 7.50. The lowest BCUT2D eigenvalue weighted by Gasteiger charge is -2.38. The van der Waals surface area contributed by atoms with Gasteiger partial charge in [0.1, 0.15) is 0 Å². The number of ketones is 1. The molecule has 2 nitrogen and oxygen atoms in total. The van der Waals surface area contributed by atoms with Crippen LogP contribution in [0.2, 0.25) is 0 Å². The lowest BCUT2D eigenvalue weighted by Crippen LogP contribution is -2.37. The Kier molecular flexibility index (Phi) is 3.69. The number of benzene rings is 1. The predicted octanol–water partition coefficient (Wildman–Crippen LogP) is 4.00. The van der Waals surface area contributed by atoms with E-state index in [1.807, 2.05) is 30.3 Å². The van der Waals surface area contributed by atoms with Gasteiger partial charge in [0.25, 0.3) is 0 Å². The van der Waals surface area contributed by atoms with Crippen LogP contribution >= 0.6 is 0 Å². The molecule has 2 fully saturated rings.